The first-order valence-corrected chi connectivity index (χ1v) is 4.83. The molecule has 5 nitrogen and oxygen atoms in total. The minimum Gasteiger partial charge on any atom is -0.465 e. The lowest BCUT2D eigenvalue weighted by atomic mass is 10.0. The van der Waals surface area contributed by atoms with Crippen molar-refractivity contribution in [2.45, 2.75) is 13.2 Å². The summed E-state index contributed by atoms with van der Waals surface area (Å²) in [5.41, 5.74) is 5.62. The molecule has 0 aliphatic rings. The summed E-state index contributed by atoms with van der Waals surface area (Å²) in [7, 11) is 1.11. The lowest BCUT2D eigenvalue weighted by Gasteiger charge is -2.11. The van der Waals surface area contributed by atoms with Gasteiger partial charge in [-0.25, -0.2) is 4.79 Å². The van der Waals surface area contributed by atoms with Gasteiger partial charge in [-0.1, -0.05) is 0 Å². The molecule has 1 aromatic carbocycles. The molecule has 1 aromatic rings. The Hall–Kier alpha value is -2.20. The Morgan fingerprint density at radius 3 is 2.67 bits per heavy atom. The van der Waals surface area contributed by atoms with E-state index in [0.717, 1.165) is 13.2 Å². The number of hydrogen-bond acceptors (Lipinski definition) is 5. The fourth-order valence-electron chi connectivity index (χ4n) is 1.36. The summed E-state index contributed by atoms with van der Waals surface area (Å²) in [4.78, 5) is 11.4. The average Bonchev–Trinajstić information content (AvgIpc) is 2.36. The highest BCUT2D eigenvalue weighted by molar-refractivity contribution is 5.93. The van der Waals surface area contributed by atoms with Gasteiger partial charge in [-0.15, -0.1) is 0 Å². The minimum absolute atomic E-state index is 0.0121. The molecule has 0 saturated carbocycles. The first-order valence-electron chi connectivity index (χ1n) is 4.83. The highest BCUT2D eigenvalue weighted by atomic mass is 19.3. The monoisotopic (exact) mass is 256 g/mol. The van der Waals surface area contributed by atoms with Crippen molar-refractivity contribution < 1.29 is 23.0 Å². The molecule has 0 aliphatic carbocycles. The van der Waals surface area contributed by atoms with Crippen LogP contribution in [0.5, 0.6) is 5.75 Å². The number of methoxy groups -OCH3 is 1. The molecule has 0 atom stereocenters. The number of nitrogens with two attached hydrogens (primary N) is 1. The van der Waals surface area contributed by atoms with Crippen molar-refractivity contribution in [3.63, 3.8) is 0 Å². The second kappa shape index (κ2) is 5.93. The third-order valence-corrected chi connectivity index (χ3v) is 2.17. The van der Waals surface area contributed by atoms with E-state index in [-0.39, 0.29) is 17.7 Å². The summed E-state index contributed by atoms with van der Waals surface area (Å²) in [6.45, 7) is -3.12. The molecule has 0 bridgehead atoms. The van der Waals surface area contributed by atoms with Gasteiger partial charge >= 0.3 is 12.6 Å². The maximum absolute atomic E-state index is 12.2. The summed E-state index contributed by atoms with van der Waals surface area (Å²) in [6.07, 6.45) is 0. The van der Waals surface area contributed by atoms with Crippen LogP contribution in [-0.4, -0.2) is 19.7 Å². The molecule has 0 aromatic heterocycles. The van der Waals surface area contributed by atoms with Crippen LogP contribution in [0, 0.1) is 11.3 Å². The normalized spacial score (nSPS) is 10.0. The third kappa shape index (κ3) is 2.93. The van der Waals surface area contributed by atoms with Crippen LogP contribution in [0.15, 0.2) is 12.1 Å². The van der Waals surface area contributed by atoms with Crippen LogP contribution in [0.1, 0.15) is 21.5 Å². The number of rotatable bonds is 4. The molecule has 0 aliphatic heterocycles. The Morgan fingerprint density at radius 1 is 1.56 bits per heavy atom. The smallest absolute Gasteiger partial charge is 0.387 e. The molecule has 96 valence electrons. The topological polar surface area (TPSA) is 85.3 Å². The van der Waals surface area contributed by atoms with E-state index in [2.05, 4.69) is 9.47 Å². The van der Waals surface area contributed by atoms with E-state index in [4.69, 9.17) is 11.0 Å². The number of nitrogens with zero attached hydrogens (tertiary/aromatic N) is 1. The summed E-state index contributed by atoms with van der Waals surface area (Å²) in [6, 6.07) is 4.04. The van der Waals surface area contributed by atoms with E-state index in [0.29, 0.717) is 5.56 Å². The number of carbonyl (C=O) groups excluding carboxylic acids is 1. The van der Waals surface area contributed by atoms with Crippen molar-refractivity contribution in [2.75, 3.05) is 7.11 Å². The fraction of sp³-hybridized carbons (Fsp3) is 0.273. The van der Waals surface area contributed by atoms with Crippen LogP contribution in [0.2, 0.25) is 0 Å². The van der Waals surface area contributed by atoms with Crippen LogP contribution in [0.25, 0.3) is 0 Å². The van der Waals surface area contributed by atoms with E-state index in [1.54, 1.807) is 6.07 Å². The Labute approximate surface area is 102 Å². The number of carbonyl (C=O) groups is 1. The Balaban J connectivity index is 3.36. The Morgan fingerprint density at radius 2 is 2.22 bits per heavy atom. The molecule has 2 N–H and O–H groups in total. The van der Waals surface area contributed by atoms with Crippen molar-refractivity contribution in [3.8, 4) is 11.8 Å². The molecule has 0 amide bonds. The van der Waals surface area contributed by atoms with Crippen molar-refractivity contribution >= 4 is 5.97 Å². The largest absolute Gasteiger partial charge is 0.465 e. The minimum atomic E-state index is -3.11. The van der Waals surface area contributed by atoms with Gasteiger partial charge in [-0.05, 0) is 17.7 Å². The zero-order valence-corrected chi connectivity index (χ0v) is 9.44. The van der Waals surface area contributed by atoms with Crippen LogP contribution in [-0.2, 0) is 11.3 Å². The second-order valence-corrected chi connectivity index (χ2v) is 3.19. The summed E-state index contributed by atoms with van der Waals surface area (Å²) in [5, 5.41) is 8.83. The van der Waals surface area contributed by atoms with E-state index in [9.17, 15) is 13.6 Å². The number of alkyl halides is 2. The van der Waals surface area contributed by atoms with Crippen molar-refractivity contribution in [2.24, 2.45) is 5.73 Å². The van der Waals surface area contributed by atoms with Crippen LogP contribution < -0.4 is 10.5 Å². The highest BCUT2D eigenvalue weighted by Gasteiger charge is 2.19. The van der Waals surface area contributed by atoms with Crippen LogP contribution >= 0.6 is 0 Å². The molecule has 0 unspecified atom stereocenters. The molecular formula is C11H10F2N2O3. The van der Waals surface area contributed by atoms with Gasteiger partial charge in [-0.2, -0.15) is 14.0 Å². The highest BCUT2D eigenvalue weighted by Crippen LogP contribution is 2.26. The molecule has 18 heavy (non-hydrogen) atoms. The lowest BCUT2D eigenvalue weighted by molar-refractivity contribution is -0.0504. The predicted octanol–water partition coefficient (Wildman–Crippen LogP) is 1.40. The van der Waals surface area contributed by atoms with Crippen molar-refractivity contribution in [1.29, 1.82) is 5.26 Å². The second-order valence-electron chi connectivity index (χ2n) is 3.19. The van der Waals surface area contributed by atoms with E-state index < -0.39 is 18.3 Å². The van der Waals surface area contributed by atoms with Crippen molar-refractivity contribution in [1.82, 2.24) is 0 Å². The van der Waals surface area contributed by atoms with Crippen LogP contribution in [0.3, 0.4) is 0 Å². The SMILES string of the molecule is COC(=O)c1cc(CN)c(C#N)cc1OC(F)F. The van der Waals surface area contributed by atoms with Crippen molar-refractivity contribution in [3.05, 3.63) is 28.8 Å². The van der Waals surface area contributed by atoms with E-state index in [1.807, 2.05) is 0 Å². The molecular weight excluding hydrogens is 246 g/mol. The quantitative estimate of drug-likeness (QED) is 0.823. The number of esters is 1. The van der Waals surface area contributed by atoms with Gasteiger partial charge in [-0.3, -0.25) is 0 Å². The van der Waals surface area contributed by atoms with Gasteiger partial charge in [0.25, 0.3) is 0 Å². The first kappa shape index (κ1) is 13.9. The number of halogens is 2. The fourth-order valence-corrected chi connectivity index (χ4v) is 1.36. The van der Waals surface area contributed by atoms with Gasteiger partial charge < -0.3 is 15.2 Å². The lowest BCUT2D eigenvalue weighted by Crippen LogP contribution is -2.11. The van der Waals surface area contributed by atoms with Gasteiger partial charge in [0.2, 0.25) is 0 Å². The molecule has 0 saturated heterocycles. The van der Waals surface area contributed by atoms with Gasteiger partial charge in [0, 0.05) is 6.54 Å². The summed E-state index contributed by atoms with van der Waals surface area (Å²) < 4.78 is 33.0. The Kier molecular flexibility index (Phi) is 4.57. The molecule has 0 radical (unpaired) electrons. The van der Waals surface area contributed by atoms with E-state index >= 15 is 0 Å². The molecule has 1 rings (SSSR count). The number of ether oxygens (including phenoxy) is 2. The number of hydrogen-bond donors (Lipinski definition) is 1. The average molecular weight is 256 g/mol. The predicted molar refractivity (Wildman–Crippen MR) is 57.0 cm³/mol. The maximum Gasteiger partial charge on any atom is 0.387 e. The van der Waals surface area contributed by atoms with Gasteiger partial charge in [0.05, 0.1) is 18.7 Å². The summed E-state index contributed by atoms with van der Waals surface area (Å²) >= 11 is 0. The zero-order chi connectivity index (χ0) is 13.7. The molecule has 0 spiro atoms. The van der Waals surface area contributed by atoms with Gasteiger partial charge in [0.1, 0.15) is 11.3 Å². The molecule has 7 heteroatoms. The maximum atomic E-state index is 12.2. The summed E-state index contributed by atoms with van der Waals surface area (Å²) in [5.74, 6) is -1.25. The molecule has 0 fully saturated rings. The Bertz CT molecular complexity index is 498. The standard InChI is InChI=1S/C11H10F2N2O3/c1-17-10(16)8-2-6(4-14)7(5-15)3-9(8)18-11(12)13/h2-3,11H,4,14H2,1H3. The number of benzene rings is 1. The molecule has 0 heterocycles. The van der Waals surface area contributed by atoms with E-state index in [1.165, 1.54) is 6.07 Å². The van der Waals surface area contributed by atoms with Gasteiger partial charge in [0.15, 0.2) is 0 Å². The first-order chi connectivity index (χ1) is 8.53. The zero-order valence-electron chi connectivity index (χ0n) is 9.44. The third-order valence-electron chi connectivity index (χ3n) is 2.17. The number of nitriles is 1. The van der Waals surface area contributed by atoms with Crippen LogP contribution in [0.4, 0.5) is 8.78 Å².